The van der Waals surface area contributed by atoms with Crippen LogP contribution in [-0.4, -0.2) is 35.4 Å². The lowest BCUT2D eigenvalue weighted by molar-refractivity contribution is -0.137. The molecule has 0 unspecified atom stereocenters. The van der Waals surface area contributed by atoms with Crippen LogP contribution in [0.2, 0.25) is 5.02 Å². The Balaban J connectivity index is 1.83. The molecular formula is C25H25ClF3N5O5S. The molecule has 0 aliphatic heterocycles. The summed E-state index contributed by atoms with van der Waals surface area (Å²) < 4.78 is 79.2. The SMILES string of the molecule is CC(=Cc1ccc(OC(C)C)cc1Oc1ncc(C(F)(F)F)cc1Cl)C(=O)NS(=O)(=O)NCc1cnc(C)cn1. The van der Waals surface area contributed by atoms with E-state index in [4.69, 9.17) is 21.1 Å². The first-order valence-electron chi connectivity index (χ1n) is 11.6. The highest BCUT2D eigenvalue weighted by Gasteiger charge is 2.32. The Kier molecular flexibility index (Phi) is 9.71. The number of aryl methyl sites for hydroxylation is 1. The Morgan fingerprint density at radius 1 is 1.12 bits per heavy atom. The van der Waals surface area contributed by atoms with Crippen LogP contribution in [0.1, 0.15) is 43.3 Å². The highest BCUT2D eigenvalue weighted by atomic mass is 35.5. The fraction of sp³-hybridized carbons (Fsp3) is 0.280. The zero-order chi connectivity index (χ0) is 29.7. The minimum absolute atomic E-state index is 0.0330. The zero-order valence-electron chi connectivity index (χ0n) is 21.7. The van der Waals surface area contributed by atoms with Crippen LogP contribution in [0.5, 0.6) is 17.4 Å². The number of hydrogen-bond donors (Lipinski definition) is 2. The Labute approximate surface area is 233 Å². The number of hydrogen-bond acceptors (Lipinski definition) is 8. The molecule has 0 aliphatic rings. The van der Waals surface area contributed by atoms with E-state index in [-0.39, 0.29) is 35.4 Å². The molecule has 0 atom stereocenters. The maximum absolute atomic E-state index is 13.0. The van der Waals surface area contributed by atoms with E-state index in [0.717, 1.165) is 0 Å². The van der Waals surface area contributed by atoms with Crippen LogP contribution in [0, 0.1) is 6.92 Å². The number of alkyl halides is 3. The summed E-state index contributed by atoms with van der Waals surface area (Å²) in [5.41, 5.74) is 0.177. The second-order valence-corrected chi connectivity index (χ2v) is 10.6. The van der Waals surface area contributed by atoms with E-state index in [0.29, 0.717) is 29.4 Å². The summed E-state index contributed by atoms with van der Waals surface area (Å²) in [5.74, 6) is -0.864. The molecule has 214 valence electrons. The van der Waals surface area contributed by atoms with Gasteiger partial charge in [0.05, 0.1) is 35.8 Å². The summed E-state index contributed by atoms with van der Waals surface area (Å²) in [4.78, 5) is 24.4. The number of carbonyl (C=O) groups excluding carboxylic acids is 1. The number of amides is 1. The minimum Gasteiger partial charge on any atom is -0.491 e. The van der Waals surface area contributed by atoms with Crippen molar-refractivity contribution in [2.24, 2.45) is 0 Å². The fourth-order valence-corrected chi connectivity index (χ4v) is 4.06. The summed E-state index contributed by atoms with van der Waals surface area (Å²) in [7, 11) is -4.26. The molecule has 0 saturated heterocycles. The number of aromatic nitrogens is 3. The Hall–Kier alpha value is -3.75. The molecule has 2 N–H and O–H groups in total. The maximum atomic E-state index is 13.0. The largest absolute Gasteiger partial charge is 0.491 e. The van der Waals surface area contributed by atoms with E-state index < -0.39 is 32.9 Å². The van der Waals surface area contributed by atoms with Crippen molar-refractivity contribution in [1.82, 2.24) is 24.4 Å². The van der Waals surface area contributed by atoms with Gasteiger partial charge >= 0.3 is 16.4 Å². The molecule has 0 spiro atoms. The monoisotopic (exact) mass is 599 g/mol. The molecule has 2 heterocycles. The van der Waals surface area contributed by atoms with Gasteiger partial charge in [-0.05, 0) is 52.0 Å². The average Bonchev–Trinajstić information content (AvgIpc) is 2.85. The number of ether oxygens (including phenoxy) is 2. The van der Waals surface area contributed by atoms with Gasteiger partial charge in [-0.2, -0.15) is 26.3 Å². The van der Waals surface area contributed by atoms with Gasteiger partial charge in [0.15, 0.2) is 0 Å². The van der Waals surface area contributed by atoms with Gasteiger partial charge < -0.3 is 9.47 Å². The zero-order valence-corrected chi connectivity index (χ0v) is 23.3. The molecular weight excluding hydrogens is 575 g/mol. The standard InChI is InChI=1S/C25H25ClF3N5O5S/c1-14(2)38-20-6-5-17(22(9-20)39-24-21(26)8-18(11-32-24)25(27,28)29)7-15(3)23(35)34-40(36,37)33-13-19-12-30-16(4)10-31-19/h5-12,14,33H,13H2,1-4H3,(H,34,35). The van der Waals surface area contributed by atoms with Gasteiger partial charge in [-0.25, -0.2) is 9.71 Å². The van der Waals surface area contributed by atoms with Crippen LogP contribution in [0.3, 0.4) is 0 Å². The first-order valence-corrected chi connectivity index (χ1v) is 13.5. The summed E-state index contributed by atoms with van der Waals surface area (Å²) in [6.07, 6.45) is -0.0946. The van der Waals surface area contributed by atoms with E-state index >= 15 is 0 Å². The van der Waals surface area contributed by atoms with Crippen molar-refractivity contribution in [1.29, 1.82) is 0 Å². The highest BCUT2D eigenvalue weighted by Crippen LogP contribution is 2.37. The van der Waals surface area contributed by atoms with Crippen LogP contribution in [0.25, 0.3) is 6.08 Å². The molecule has 0 fully saturated rings. The summed E-state index contributed by atoms with van der Waals surface area (Å²) >= 11 is 5.99. The first kappa shape index (κ1) is 30.8. The Morgan fingerprint density at radius 3 is 2.45 bits per heavy atom. The molecule has 0 bridgehead atoms. The second kappa shape index (κ2) is 12.6. The fourth-order valence-electron chi connectivity index (χ4n) is 3.04. The summed E-state index contributed by atoms with van der Waals surface area (Å²) in [6, 6.07) is 5.21. The number of rotatable bonds is 10. The van der Waals surface area contributed by atoms with Crippen molar-refractivity contribution in [2.45, 2.75) is 46.5 Å². The van der Waals surface area contributed by atoms with E-state index in [2.05, 4.69) is 19.7 Å². The molecule has 3 aromatic rings. The maximum Gasteiger partial charge on any atom is 0.417 e. The van der Waals surface area contributed by atoms with Crippen LogP contribution >= 0.6 is 11.6 Å². The Morgan fingerprint density at radius 2 is 1.85 bits per heavy atom. The van der Waals surface area contributed by atoms with Crippen molar-refractivity contribution < 1.29 is 35.9 Å². The van der Waals surface area contributed by atoms with E-state index in [1.54, 1.807) is 26.8 Å². The third-order valence-electron chi connectivity index (χ3n) is 4.93. The van der Waals surface area contributed by atoms with E-state index in [1.165, 1.54) is 37.5 Å². The van der Waals surface area contributed by atoms with E-state index in [9.17, 15) is 26.4 Å². The second-order valence-electron chi connectivity index (χ2n) is 8.71. The lowest BCUT2D eigenvalue weighted by atomic mass is 10.1. The van der Waals surface area contributed by atoms with Gasteiger partial charge in [-0.1, -0.05) is 11.6 Å². The quantitative estimate of drug-likeness (QED) is 0.312. The average molecular weight is 600 g/mol. The molecule has 0 aliphatic carbocycles. The van der Waals surface area contributed by atoms with Crippen molar-refractivity contribution in [3.8, 4) is 17.4 Å². The molecule has 0 radical (unpaired) electrons. The molecule has 3 rings (SSSR count). The number of pyridine rings is 1. The third kappa shape index (κ3) is 8.89. The summed E-state index contributed by atoms with van der Waals surface area (Å²) in [5, 5.41) is -0.398. The van der Waals surface area contributed by atoms with Crippen LogP contribution < -0.4 is 18.9 Å². The molecule has 40 heavy (non-hydrogen) atoms. The highest BCUT2D eigenvalue weighted by molar-refractivity contribution is 7.88. The first-order chi connectivity index (χ1) is 18.6. The van der Waals surface area contributed by atoms with Crippen molar-refractivity contribution in [3.05, 3.63) is 76.0 Å². The topological polar surface area (TPSA) is 132 Å². The molecule has 0 saturated carbocycles. The number of benzene rings is 1. The number of carbonyl (C=O) groups is 1. The van der Waals surface area contributed by atoms with Gasteiger partial charge in [0.25, 0.3) is 5.91 Å². The third-order valence-corrected chi connectivity index (χ3v) is 6.18. The lowest BCUT2D eigenvalue weighted by Gasteiger charge is -2.15. The van der Waals surface area contributed by atoms with Gasteiger partial charge in [0.1, 0.15) is 16.5 Å². The molecule has 10 nitrogen and oxygen atoms in total. The van der Waals surface area contributed by atoms with Gasteiger partial charge in [0.2, 0.25) is 5.88 Å². The number of halogens is 4. The normalized spacial score (nSPS) is 12.4. The number of nitrogens with one attached hydrogen (secondary N) is 2. The molecule has 15 heteroatoms. The van der Waals surface area contributed by atoms with Crippen molar-refractivity contribution in [3.63, 3.8) is 0 Å². The smallest absolute Gasteiger partial charge is 0.417 e. The van der Waals surface area contributed by atoms with Gasteiger partial charge in [0, 0.05) is 29.6 Å². The summed E-state index contributed by atoms with van der Waals surface area (Å²) in [6.45, 7) is 6.47. The minimum atomic E-state index is -4.65. The van der Waals surface area contributed by atoms with Gasteiger partial charge in [-0.3, -0.25) is 14.8 Å². The predicted octanol–water partition coefficient (Wildman–Crippen LogP) is 4.99. The van der Waals surface area contributed by atoms with Crippen molar-refractivity contribution in [2.75, 3.05) is 0 Å². The molecule has 1 aromatic carbocycles. The Bertz CT molecular complexity index is 1510. The predicted molar refractivity (Wildman–Crippen MR) is 141 cm³/mol. The van der Waals surface area contributed by atoms with Crippen LogP contribution in [0.15, 0.2) is 48.4 Å². The lowest BCUT2D eigenvalue weighted by Crippen LogP contribution is -2.40. The van der Waals surface area contributed by atoms with Crippen LogP contribution in [0.4, 0.5) is 13.2 Å². The van der Waals surface area contributed by atoms with Crippen LogP contribution in [-0.2, 0) is 27.7 Å². The van der Waals surface area contributed by atoms with Gasteiger partial charge in [-0.15, -0.1) is 0 Å². The van der Waals surface area contributed by atoms with E-state index in [1.807, 2.05) is 4.72 Å². The molecule has 1 amide bonds. The number of nitrogens with zero attached hydrogens (tertiary/aromatic N) is 3. The van der Waals surface area contributed by atoms with Crippen molar-refractivity contribution >= 4 is 33.8 Å². The molecule has 2 aromatic heterocycles.